The van der Waals surface area contributed by atoms with E-state index in [1.807, 2.05) is 13.8 Å². The number of aliphatic hydroxyl groups is 1. The largest absolute Gasteiger partial charge is 0.497 e. The van der Waals surface area contributed by atoms with E-state index in [-0.39, 0.29) is 12.7 Å². The molecule has 0 amide bonds. The van der Waals surface area contributed by atoms with Crippen LogP contribution in [0.5, 0.6) is 11.5 Å². The molecule has 1 aromatic carbocycles. The number of aliphatic hydroxyl groups excluding tert-OH is 1. The molecule has 0 spiro atoms. The number of hydrogen-bond donors (Lipinski definition) is 1. The smallest absolute Gasteiger partial charge is 0.128 e. The van der Waals surface area contributed by atoms with Crippen LogP contribution in [-0.2, 0) is 9.47 Å². The lowest BCUT2D eigenvalue weighted by atomic mass is 10.1. The molecule has 1 aromatic rings. The van der Waals surface area contributed by atoms with Gasteiger partial charge < -0.3 is 24.1 Å². The van der Waals surface area contributed by atoms with Crippen molar-refractivity contribution in [1.29, 1.82) is 0 Å². The second-order valence-corrected chi connectivity index (χ2v) is 4.62. The summed E-state index contributed by atoms with van der Waals surface area (Å²) in [6, 6.07) is 5.29. The Hall–Kier alpha value is -1.30. The number of ether oxygens (including phenoxy) is 4. The molecule has 20 heavy (non-hydrogen) atoms. The van der Waals surface area contributed by atoms with Gasteiger partial charge in [0.1, 0.15) is 17.6 Å². The summed E-state index contributed by atoms with van der Waals surface area (Å²) >= 11 is 0. The van der Waals surface area contributed by atoms with Gasteiger partial charge in [-0.15, -0.1) is 0 Å². The number of benzene rings is 1. The predicted molar refractivity (Wildman–Crippen MR) is 76.4 cm³/mol. The third-order valence-corrected chi connectivity index (χ3v) is 2.75. The molecule has 5 heteroatoms. The fourth-order valence-electron chi connectivity index (χ4n) is 1.72. The Morgan fingerprint density at radius 3 is 2.45 bits per heavy atom. The Labute approximate surface area is 120 Å². The highest BCUT2D eigenvalue weighted by Crippen LogP contribution is 2.29. The van der Waals surface area contributed by atoms with Crippen LogP contribution in [0.3, 0.4) is 0 Å². The lowest BCUT2D eigenvalue weighted by Crippen LogP contribution is -2.14. The maximum Gasteiger partial charge on any atom is 0.128 e. The topological polar surface area (TPSA) is 57.2 Å². The molecule has 1 N–H and O–H groups in total. The minimum Gasteiger partial charge on any atom is -0.497 e. The average Bonchev–Trinajstić information content (AvgIpc) is 2.45. The van der Waals surface area contributed by atoms with Crippen molar-refractivity contribution >= 4 is 0 Å². The van der Waals surface area contributed by atoms with Crippen LogP contribution in [0.1, 0.15) is 25.5 Å². The lowest BCUT2D eigenvalue weighted by molar-refractivity contribution is -0.0115. The summed E-state index contributed by atoms with van der Waals surface area (Å²) in [5.41, 5.74) is 0.679. The molecule has 1 rings (SSSR count). The Morgan fingerprint density at radius 1 is 1.10 bits per heavy atom. The molecule has 114 valence electrons. The van der Waals surface area contributed by atoms with E-state index in [2.05, 4.69) is 0 Å². The summed E-state index contributed by atoms with van der Waals surface area (Å²) in [4.78, 5) is 0. The molecule has 0 aromatic heterocycles. The maximum absolute atomic E-state index is 10.1. The van der Waals surface area contributed by atoms with Gasteiger partial charge in [0.2, 0.25) is 0 Å². The Kier molecular flexibility index (Phi) is 7.36. The molecule has 0 saturated heterocycles. The minimum absolute atomic E-state index is 0.185. The number of hydrogen-bond acceptors (Lipinski definition) is 5. The van der Waals surface area contributed by atoms with Crippen LogP contribution in [0.25, 0.3) is 0 Å². The van der Waals surface area contributed by atoms with Crippen LogP contribution in [0, 0.1) is 0 Å². The molecule has 0 fully saturated rings. The molecule has 0 radical (unpaired) electrons. The van der Waals surface area contributed by atoms with Crippen molar-refractivity contribution in [3.63, 3.8) is 0 Å². The Morgan fingerprint density at radius 2 is 1.85 bits per heavy atom. The van der Waals surface area contributed by atoms with E-state index in [4.69, 9.17) is 18.9 Å². The van der Waals surface area contributed by atoms with Crippen molar-refractivity contribution in [2.45, 2.75) is 26.1 Å². The third kappa shape index (κ3) is 5.36. The molecule has 1 atom stereocenters. The Bertz CT molecular complexity index is 392. The van der Waals surface area contributed by atoms with Gasteiger partial charge in [-0.2, -0.15) is 0 Å². The summed E-state index contributed by atoms with van der Waals surface area (Å²) in [7, 11) is 3.14. The van der Waals surface area contributed by atoms with E-state index >= 15 is 0 Å². The fraction of sp³-hybridized carbons (Fsp3) is 0.600. The van der Waals surface area contributed by atoms with Crippen molar-refractivity contribution in [3.8, 4) is 11.5 Å². The van der Waals surface area contributed by atoms with Gasteiger partial charge in [0.15, 0.2) is 0 Å². The Balaban J connectivity index is 2.48. The van der Waals surface area contributed by atoms with Gasteiger partial charge in [-0.25, -0.2) is 0 Å². The molecule has 0 saturated carbocycles. The van der Waals surface area contributed by atoms with Crippen molar-refractivity contribution in [1.82, 2.24) is 0 Å². The van der Waals surface area contributed by atoms with Crippen LogP contribution < -0.4 is 9.47 Å². The van der Waals surface area contributed by atoms with Crippen LogP contribution in [0.4, 0.5) is 0 Å². The highest BCUT2D eigenvalue weighted by atomic mass is 16.5. The van der Waals surface area contributed by atoms with Crippen LogP contribution in [0.2, 0.25) is 0 Å². The van der Waals surface area contributed by atoms with Crippen LogP contribution in [0.15, 0.2) is 18.2 Å². The zero-order valence-corrected chi connectivity index (χ0v) is 12.6. The van der Waals surface area contributed by atoms with E-state index in [9.17, 15) is 5.11 Å². The molecule has 5 nitrogen and oxygen atoms in total. The molecule has 0 aliphatic heterocycles. The van der Waals surface area contributed by atoms with E-state index in [0.29, 0.717) is 30.3 Å². The van der Waals surface area contributed by atoms with Gasteiger partial charge >= 0.3 is 0 Å². The van der Waals surface area contributed by atoms with Gasteiger partial charge in [-0.1, -0.05) is 0 Å². The third-order valence-electron chi connectivity index (χ3n) is 2.75. The summed E-state index contributed by atoms with van der Waals surface area (Å²) in [6.45, 7) is 5.11. The lowest BCUT2D eigenvalue weighted by Gasteiger charge is -2.16. The second-order valence-electron chi connectivity index (χ2n) is 4.62. The summed E-state index contributed by atoms with van der Waals surface area (Å²) in [5.74, 6) is 1.27. The SMILES string of the molecule is COc1ccc(C(O)COCCOC(C)C)c(OC)c1. The van der Waals surface area contributed by atoms with Gasteiger partial charge in [-0.05, 0) is 26.0 Å². The maximum atomic E-state index is 10.1. The van der Waals surface area contributed by atoms with Gasteiger partial charge in [0.25, 0.3) is 0 Å². The fourth-order valence-corrected chi connectivity index (χ4v) is 1.72. The number of methoxy groups -OCH3 is 2. The minimum atomic E-state index is -0.741. The summed E-state index contributed by atoms with van der Waals surface area (Å²) in [6.07, 6.45) is -0.555. The summed E-state index contributed by atoms with van der Waals surface area (Å²) < 4.78 is 21.1. The molecule has 0 heterocycles. The predicted octanol–water partition coefficient (Wildman–Crippen LogP) is 2.18. The quantitative estimate of drug-likeness (QED) is 0.704. The van der Waals surface area contributed by atoms with Crippen LogP contribution >= 0.6 is 0 Å². The zero-order chi connectivity index (χ0) is 15.0. The zero-order valence-electron chi connectivity index (χ0n) is 12.6. The highest BCUT2D eigenvalue weighted by Gasteiger charge is 2.14. The molecule has 1 unspecified atom stereocenters. The first-order chi connectivity index (χ1) is 9.58. The first kappa shape index (κ1) is 16.8. The van der Waals surface area contributed by atoms with Crippen molar-refractivity contribution < 1.29 is 24.1 Å². The van der Waals surface area contributed by atoms with E-state index in [1.165, 1.54) is 0 Å². The average molecular weight is 284 g/mol. The first-order valence-corrected chi connectivity index (χ1v) is 6.67. The van der Waals surface area contributed by atoms with Crippen molar-refractivity contribution in [2.75, 3.05) is 34.0 Å². The van der Waals surface area contributed by atoms with E-state index < -0.39 is 6.10 Å². The molecule has 0 bridgehead atoms. The van der Waals surface area contributed by atoms with E-state index in [1.54, 1.807) is 32.4 Å². The second kappa shape index (κ2) is 8.79. The molecule has 0 aliphatic carbocycles. The molecular formula is C15H24O5. The van der Waals surface area contributed by atoms with Gasteiger partial charge in [-0.3, -0.25) is 0 Å². The number of rotatable bonds is 9. The standard InChI is InChI=1S/C15H24O5/c1-11(2)20-8-7-19-10-14(16)13-6-5-12(17-3)9-15(13)18-4/h5-6,9,11,14,16H,7-8,10H2,1-4H3. The molecule has 0 aliphatic rings. The monoisotopic (exact) mass is 284 g/mol. The van der Waals surface area contributed by atoms with E-state index in [0.717, 1.165) is 0 Å². The molecular weight excluding hydrogens is 260 g/mol. The normalized spacial score (nSPS) is 12.5. The van der Waals surface area contributed by atoms with Crippen LogP contribution in [-0.4, -0.2) is 45.3 Å². The first-order valence-electron chi connectivity index (χ1n) is 6.67. The summed E-state index contributed by atoms with van der Waals surface area (Å²) in [5, 5.41) is 10.1. The van der Waals surface area contributed by atoms with Crippen molar-refractivity contribution in [3.05, 3.63) is 23.8 Å². The highest BCUT2D eigenvalue weighted by molar-refractivity contribution is 5.41. The van der Waals surface area contributed by atoms with Gasteiger partial charge in [0, 0.05) is 11.6 Å². The van der Waals surface area contributed by atoms with Gasteiger partial charge in [0.05, 0.1) is 40.1 Å². The van der Waals surface area contributed by atoms with Crippen molar-refractivity contribution in [2.24, 2.45) is 0 Å².